The van der Waals surface area contributed by atoms with Gasteiger partial charge in [0.1, 0.15) is 24.4 Å². The van der Waals surface area contributed by atoms with Crippen molar-refractivity contribution in [1.29, 1.82) is 0 Å². The topological polar surface area (TPSA) is 120 Å². The van der Waals surface area contributed by atoms with Crippen LogP contribution in [0, 0.1) is 16.7 Å². The summed E-state index contributed by atoms with van der Waals surface area (Å²) in [6.45, 7) is 5.83. The van der Waals surface area contributed by atoms with Crippen molar-refractivity contribution in [1.82, 2.24) is 0 Å². The lowest BCUT2D eigenvalue weighted by Crippen LogP contribution is -2.60. The van der Waals surface area contributed by atoms with Crippen molar-refractivity contribution in [3.05, 3.63) is 0 Å². The average molecular weight is 332 g/mol. The van der Waals surface area contributed by atoms with Gasteiger partial charge in [-0.2, -0.15) is 0 Å². The highest BCUT2D eigenvalue weighted by Crippen LogP contribution is 2.66. The summed E-state index contributed by atoms with van der Waals surface area (Å²) in [6, 6.07) is 0. The van der Waals surface area contributed by atoms with E-state index in [0.717, 1.165) is 0 Å². The maximum atomic E-state index is 10.2. The van der Waals surface area contributed by atoms with E-state index < -0.39 is 37.3 Å². The molecule has 0 aromatic carbocycles. The second-order valence-electron chi connectivity index (χ2n) is 8.07. The van der Waals surface area contributed by atoms with Crippen LogP contribution < -0.4 is 0 Å². The van der Waals surface area contributed by atoms with Crippen molar-refractivity contribution in [3.8, 4) is 0 Å². The lowest BCUT2D eigenvalue weighted by atomic mass is 9.70. The summed E-state index contributed by atoms with van der Waals surface area (Å²) < 4.78 is 11.4. The first-order valence-electron chi connectivity index (χ1n) is 8.27. The highest BCUT2D eigenvalue weighted by Gasteiger charge is 2.66. The smallest absolute Gasteiger partial charge is 0.186 e. The molecule has 2 aliphatic carbocycles. The Balaban J connectivity index is 1.75. The summed E-state index contributed by atoms with van der Waals surface area (Å²) in [5.41, 5.74) is -0.374. The molecule has 3 fully saturated rings. The third-order valence-corrected chi connectivity index (χ3v) is 6.82. The van der Waals surface area contributed by atoms with Gasteiger partial charge in [0.15, 0.2) is 6.29 Å². The molecule has 0 aromatic heterocycles. The van der Waals surface area contributed by atoms with Gasteiger partial charge in [-0.15, -0.1) is 0 Å². The summed E-state index contributed by atoms with van der Waals surface area (Å²) in [4.78, 5) is 0. The fraction of sp³-hybridized carbons (Fsp3) is 1.00. The summed E-state index contributed by atoms with van der Waals surface area (Å²) in [5, 5.41) is 49.3. The average Bonchev–Trinajstić information content (AvgIpc) is 2.78. The fourth-order valence-electron chi connectivity index (χ4n) is 4.78. The highest BCUT2D eigenvalue weighted by atomic mass is 16.7. The maximum Gasteiger partial charge on any atom is 0.186 e. The molecule has 7 nitrogen and oxygen atoms in total. The van der Waals surface area contributed by atoms with Gasteiger partial charge in [0, 0.05) is 5.41 Å². The Bertz CT molecular complexity index is 454. The van der Waals surface area contributed by atoms with E-state index in [1.54, 1.807) is 0 Å². The quantitative estimate of drug-likeness (QED) is 0.449. The Hall–Kier alpha value is -0.280. The minimum absolute atomic E-state index is 0.106. The van der Waals surface area contributed by atoms with Crippen molar-refractivity contribution < 1.29 is 35.0 Å². The zero-order valence-electron chi connectivity index (χ0n) is 13.8. The van der Waals surface area contributed by atoms with Gasteiger partial charge in [-0.3, -0.25) is 0 Å². The zero-order chi connectivity index (χ0) is 17.2. The molecular formula is C16H28O7. The summed E-state index contributed by atoms with van der Waals surface area (Å²) in [7, 11) is 0. The predicted octanol–water partition coefficient (Wildman–Crippen LogP) is -1.01. The van der Waals surface area contributed by atoms with E-state index >= 15 is 0 Å². The van der Waals surface area contributed by atoms with Crippen LogP contribution in [0.2, 0.25) is 0 Å². The lowest BCUT2D eigenvalue weighted by molar-refractivity contribution is -0.320. The van der Waals surface area contributed by atoms with Gasteiger partial charge in [0.05, 0.1) is 18.8 Å². The molecule has 1 saturated heterocycles. The van der Waals surface area contributed by atoms with Crippen LogP contribution in [0.3, 0.4) is 0 Å². The number of fused-ring (bicyclic) bond motifs is 2. The molecule has 0 unspecified atom stereocenters. The number of rotatable bonds is 3. The largest absolute Gasteiger partial charge is 0.394 e. The first kappa shape index (κ1) is 17.5. The number of aliphatic hydroxyl groups is 5. The van der Waals surface area contributed by atoms with Gasteiger partial charge in [-0.25, -0.2) is 0 Å². The Labute approximate surface area is 135 Å². The second-order valence-corrected chi connectivity index (χ2v) is 8.07. The van der Waals surface area contributed by atoms with Crippen LogP contribution in [0.1, 0.15) is 33.6 Å². The van der Waals surface area contributed by atoms with Crippen molar-refractivity contribution in [3.63, 3.8) is 0 Å². The van der Waals surface area contributed by atoms with Crippen molar-refractivity contribution >= 4 is 0 Å². The lowest BCUT2D eigenvalue weighted by Gasteiger charge is -2.44. The zero-order valence-corrected chi connectivity index (χ0v) is 13.8. The van der Waals surface area contributed by atoms with E-state index in [1.807, 2.05) is 0 Å². The molecule has 1 heterocycles. The summed E-state index contributed by atoms with van der Waals surface area (Å²) in [5.74, 6) is 0.113. The number of aliphatic hydroxyl groups excluding tert-OH is 5. The Kier molecular flexibility index (Phi) is 4.29. The molecule has 2 saturated carbocycles. The normalized spacial score (nSPS) is 55.3. The summed E-state index contributed by atoms with van der Waals surface area (Å²) >= 11 is 0. The van der Waals surface area contributed by atoms with Gasteiger partial charge in [-0.05, 0) is 24.2 Å². The molecule has 0 radical (unpaired) electrons. The molecule has 1 aliphatic heterocycles. The van der Waals surface area contributed by atoms with Gasteiger partial charge < -0.3 is 35.0 Å². The molecule has 3 rings (SSSR count). The third kappa shape index (κ3) is 2.37. The van der Waals surface area contributed by atoms with Crippen molar-refractivity contribution in [2.75, 3.05) is 6.61 Å². The van der Waals surface area contributed by atoms with Crippen LogP contribution >= 0.6 is 0 Å². The second kappa shape index (κ2) is 5.62. The standard InChI is InChI=1S/C16H28O7/c1-15(2)7-4-10(16(15,3)5-8(7)18)23-14-13(21)12(20)11(19)9(6-17)22-14/h7-14,17-21H,4-6H2,1-3H3/t7-,8-,9-,10+,11-,12+,13-,14+,16+/m1/s1. The van der Waals surface area contributed by atoms with Gasteiger partial charge in [-0.1, -0.05) is 20.8 Å². The van der Waals surface area contributed by atoms with Crippen molar-refractivity contribution in [2.45, 2.75) is 76.5 Å². The monoisotopic (exact) mass is 332 g/mol. The van der Waals surface area contributed by atoms with Crippen LogP contribution in [0.4, 0.5) is 0 Å². The molecule has 0 spiro atoms. The van der Waals surface area contributed by atoms with E-state index in [9.17, 15) is 25.5 Å². The van der Waals surface area contributed by atoms with E-state index in [-0.39, 0.29) is 29.0 Å². The van der Waals surface area contributed by atoms with E-state index in [1.165, 1.54) is 0 Å². The van der Waals surface area contributed by atoms with Gasteiger partial charge >= 0.3 is 0 Å². The van der Waals surface area contributed by atoms with E-state index in [4.69, 9.17) is 9.47 Å². The molecule has 23 heavy (non-hydrogen) atoms. The molecule has 0 amide bonds. The first-order valence-corrected chi connectivity index (χ1v) is 8.27. The molecule has 134 valence electrons. The van der Waals surface area contributed by atoms with Crippen LogP contribution in [-0.2, 0) is 9.47 Å². The van der Waals surface area contributed by atoms with E-state index in [0.29, 0.717) is 12.8 Å². The molecule has 2 bridgehead atoms. The molecule has 3 aliphatic rings. The third-order valence-electron chi connectivity index (χ3n) is 6.82. The molecular weight excluding hydrogens is 304 g/mol. The molecule has 7 heteroatoms. The predicted molar refractivity (Wildman–Crippen MR) is 79.3 cm³/mol. The molecule has 0 aromatic rings. The number of hydrogen-bond acceptors (Lipinski definition) is 7. The fourth-order valence-corrected chi connectivity index (χ4v) is 4.78. The minimum atomic E-state index is -1.43. The first-order chi connectivity index (χ1) is 10.6. The number of hydrogen-bond donors (Lipinski definition) is 5. The summed E-state index contributed by atoms with van der Waals surface area (Å²) in [6.07, 6.45) is -5.60. The Morgan fingerprint density at radius 2 is 1.70 bits per heavy atom. The van der Waals surface area contributed by atoms with Gasteiger partial charge in [0.25, 0.3) is 0 Å². The Morgan fingerprint density at radius 1 is 1.04 bits per heavy atom. The van der Waals surface area contributed by atoms with E-state index in [2.05, 4.69) is 20.8 Å². The minimum Gasteiger partial charge on any atom is -0.394 e. The highest BCUT2D eigenvalue weighted by molar-refractivity contribution is 5.14. The van der Waals surface area contributed by atoms with Gasteiger partial charge in [0.2, 0.25) is 0 Å². The SMILES string of the molecule is CC1(C)[C@@H]2C[C@H](O[C@@H]3O[C@H](CO)[C@@H](O)[C@H](O)[C@H]3O)[C@]1(C)C[C@H]2O. The van der Waals surface area contributed by atoms with Crippen molar-refractivity contribution in [2.24, 2.45) is 16.7 Å². The van der Waals surface area contributed by atoms with Crippen LogP contribution in [-0.4, -0.2) is 75.1 Å². The van der Waals surface area contributed by atoms with Crippen LogP contribution in [0.25, 0.3) is 0 Å². The Morgan fingerprint density at radius 3 is 2.17 bits per heavy atom. The number of ether oxygens (including phenoxy) is 2. The van der Waals surface area contributed by atoms with Crippen LogP contribution in [0.15, 0.2) is 0 Å². The molecule has 5 N–H and O–H groups in total. The molecule has 9 atom stereocenters. The van der Waals surface area contributed by atoms with Crippen LogP contribution in [0.5, 0.6) is 0 Å². The maximum absolute atomic E-state index is 10.2.